The maximum atomic E-state index is 15.0. The van der Waals surface area contributed by atoms with Crippen molar-refractivity contribution in [1.82, 2.24) is 0 Å². The van der Waals surface area contributed by atoms with Gasteiger partial charge in [0.15, 0.2) is 0 Å². The number of carbonyl (C=O) groups excluding carboxylic acids is 1. The van der Waals surface area contributed by atoms with Gasteiger partial charge >= 0.3 is 5.97 Å². The van der Waals surface area contributed by atoms with Crippen LogP contribution in [0.15, 0.2) is 42.5 Å². The second-order valence-corrected chi connectivity index (χ2v) is 9.28. The zero-order chi connectivity index (χ0) is 22.8. The molecule has 0 spiro atoms. The Kier molecular flexibility index (Phi) is 6.73. The van der Waals surface area contributed by atoms with Crippen LogP contribution in [0.5, 0.6) is 5.75 Å². The van der Waals surface area contributed by atoms with E-state index in [0.717, 1.165) is 56.7 Å². The van der Waals surface area contributed by atoms with Gasteiger partial charge in [0.05, 0.1) is 5.56 Å². The molecule has 2 aromatic rings. The summed E-state index contributed by atoms with van der Waals surface area (Å²) in [6.45, 7) is 3.64. The van der Waals surface area contributed by atoms with Crippen molar-refractivity contribution in [3.8, 4) is 5.75 Å². The molecule has 2 aliphatic carbocycles. The molecule has 170 valence electrons. The molecular weight excluding hydrogens is 413 g/mol. The van der Waals surface area contributed by atoms with Gasteiger partial charge < -0.3 is 4.74 Å². The Morgan fingerprint density at radius 3 is 2.31 bits per heavy atom. The van der Waals surface area contributed by atoms with Crippen LogP contribution in [-0.4, -0.2) is 5.97 Å². The molecule has 4 rings (SSSR count). The molecule has 2 nitrogen and oxygen atoms in total. The zero-order valence-corrected chi connectivity index (χ0v) is 18.5. The molecule has 0 heterocycles. The molecule has 0 aliphatic heterocycles. The standard InChI is InChI=1S/C27H29F3O2/c1-3-4-17-6-7-19-12-20(9-8-18(19)11-17)26-24(29)13-21(14-25(26)30)27(31)32-22-10-5-16(2)23(28)15-22/h3-5,10,13-15,17-20H,6-9,11-12H2,1-2H3/b4-3+. The number of halogens is 3. The molecule has 2 aliphatic rings. The second kappa shape index (κ2) is 9.51. The summed E-state index contributed by atoms with van der Waals surface area (Å²) in [5, 5.41) is 0. The van der Waals surface area contributed by atoms with Crippen LogP contribution in [0, 0.1) is 42.1 Å². The summed E-state index contributed by atoms with van der Waals surface area (Å²) in [6.07, 6.45) is 10.3. The lowest BCUT2D eigenvalue weighted by Crippen LogP contribution is -2.30. The Morgan fingerprint density at radius 2 is 1.62 bits per heavy atom. The van der Waals surface area contributed by atoms with E-state index < -0.39 is 23.4 Å². The average molecular weight is 443 g/mol. The van der Waals surface area contributed by atoms with Crippen LogP contribution < -0.4 is 4.74 Å². The second-order valence-electron chi connectivity index (χ2n) is 9.28. The van der Waals surface area contributed by atoms with Crippen molar-refractivity contribution in [1.29, 1.82) is 0 Å². The van der Waals surface area contributed by atoms with Crippen LogP contribution in [0.4, 0.5) is 13.2 Å². The SMILES string of the molecule is C/C=C/C1CCC2CC(c3c(F)cc(C(=O)Oc4ccc(C)c(F)c4)cc3F)CCC2C1. The molecule has 0 amide bonds. The van der Waals surface area contributed by atoms with Crippen molar-refractivity contribution in [3.05, 3.63) is 76.6 Å². The Labute approximate surface area is 187 Å². The van der Waals surface area contributed by atoms with Gasteiger partial charge in [-0.3, -0.25) is 0 Å². The number of fused-ring (bicyclic) bond motifs is 1. The van der Waals surface area contributed by atoms with Crippen molar-refractivity contribution >= 4 is 5.97 Å². The summed E-state index contributed by atoms with van der Waals surface area (Å²) in [5.41, 5.74) is 0.276. The van der Waals surface area contributed by atoms with Gasteiger partial charge in [-0.05, 0) is 99.8 Å². The highest BCUT2D eigenvalue weighted by Gasteiger charge is 2.37. The molecule has 4 atom stereocenters. The molecule has 32 heavy (non-hydrogen) atoms. The molecule has 4 unspecified atom stereocenters. The lowest BCUT2D eigenvalue weighted by atomic mass is 9.63. The summed E-state index contributed by atoms with van der Waals surface area (Å²) in [4.78, 5) is 12.4. The number of ether oxygens (including phenoxy) is 1. The molecular formula is C27H29F3O2. The van der Waals surface area contributed by atoms with Gasteiger partial charge in [0.1, 0.15) is 23.2 Å². The van der Waals surface area contributed by atoms with Gasteiger partial charge in [-0.15, -0.1) is 0 Å². The number of esters is 1. The van der Waals surface area contributed by atoms with Gasteiger partial charge in [-0.2, -0.15) is 0 Å². The Hall–Kier alpha value is -2.56. The van der Waals surface area contributed by atoms with Gasteiger partial charge in [0.2, 0.25) is 0 Å². The van der Waals surface area contributed by atoms with Crippen LogP contribution in [0.3, 0.4) is 0 Å². The van der Waals surface area contributed by atoms with Crippen molar-refractivity contribution in [2.24, 2.45) is 17.8 Å². The number of aryl methyl sites for hydroxylation is 1. The van der Waals surface area contributed by atoms with Crippen molar-refractivity contribution < 1.29 is 22.7 Å². The third-order valence-electron chi connectivity index (χ3n) is 7.20. The molecule has 2 saturated carbocycles. The molecule has 0 aromatic heterocycles. The lowest BCUT2D eigenvalue weighted by Gasteiger charge is -2.42. The third kappa shape index (κ3) is 4.77. The maximum Gasteiger partial charge on any atom is 0.343 e. The fourth-order valence-electron chi connectivity index (χ4n) is 5.53. The average Bonchev–Trinajstić information content (AvgIpc) is 2.76. The lowest BCUT2D eigenvalue weighted by molar-refractivity contribution is 0.0733. The summed E-state index contributed by atoms with van der Waals surface area (Å²) >= 11 is 0. The fraction of sp³-hybridized carbons (Fsp3) is 0.444. The van der Waals surface area contributed by atoms with Crippen LogP contribution in [0.25, 0.3) is 0 Å². The highest BCUT2D eigenvalue weighted by atomic mass is 19.1. The topological polar surface area (TPSA) is 26.3 Å². The highest BCUT2D eigenvalue weighted by molar-refractivity contribution is 5.91. The molecule has 2 fully saturated rings. The van der Waals surface area contributed by atoms with Crippen LogP contribution in [0.2, 0.25) is 0 Å². The maximum absolute atomic E-state index is 15.0. The van der Waals surface area contributed by atoms with E-state index >= 15 is 0 Å². The number of carbonyl (C=O) groups is 1. The van der Waals surface area contributed by atoms with Crippen LogP contribution >= 0.6 is 0 Å². The summed E-state index contributed by atoms with van der Waals surface area (Å²) < 4.78 is 48.8. The molecule has 0 N–H and O–H groups in total. The van der Waals surface area contributed by atoms with E-state index in [0.29, 0.717) is 23.3 Å². The summed E-state index contributed by atoms with van der Waals surface area (Å²) in [6, 6.07) is 6.09. The minimum Gasteiger partial charge on any atom is -0.423 e. The molecule has 0 radical (unpaired) electrons. The van der Waals surface area contributed by atoms with E-state index in [2.05, 4.69) is 12.2 Å². The summed E-state index contributed by atoms with van der Waals surface area (Å²) in [7, 11) is 0. The minimum atomic E-state index is -0.913. The predicted octanol–water partition coefficient (Wildman–Crippen LogP) is 7.51. The largest absolute Gasteiger partial charge is 0.423 e. The van der Waals surface area contributed by atoms with E-state index in [1.807, 2.05) is 6.92 Å². The first-order valence-corrected chi connectivity index (χ1v) is 11.5. The van der Waals surface area contributed by atoms with Gasteiger partial charge in [0.25, 0.3) is 0 Å². The van der Waals surface area contributed by atoms with Crippen molar-refractivity contribution in [3.63, 3.8) is 0 Å². The van der Waals surface area contributed by atoms with Crippen molar-refractivity contribution in [2.45, 2.75) is 58.3 Å². The first kappa shape index (κ1) is 22.6. The highest BCUT2D eigenvalue weighted by Crippen LogP contribution is 2.48. The van der Waals surface area contributed by atoms with E-state index in [9.17, 15) is 18.0 Å². The molecule has 5 heteroatoms. The Balaban J connectivity index is 1.47. The van der Waals surface area contributed by atoms with Crippen molar-refractivity contribution in [2.75, 3.05) is 0 Å². The van der Waals surface area contributed by atoms with Gasteiger partial charge in [-0.1, -0.05) is 18.2 Å². The first-order valence-electron chi connectivity index (χ1n) is 11.5. The number of hydrogen-bond donors (Lipinski definition) is 0. The van der Waals surface area contributed by atoms with E-state index in [1.165, 1.54) is 12.1 Å². The van der Waals surface area contributed by atoms with E-state index in [-0.39, 0.29) is 22.8 Å². The third-order valence-corrected chi connectivity index (χ3v) is 7.20. The smallest absolute Gasteiger partial charge is 0.343 e. The van der Waals surface area contributed by atoms with Crippen LogP contribution in [0.1, 0.15) is 72.9 Å². The number of benzene rings is 2. The van der Waals surface area contributed by atoms with Crippen LogP contribution in [-0.2, 0) is 0 Å². The number of hydrogen-bond acceptors (Lipinski definition) is 2. The molecule has 2 aromatic carbocycles. The Morgan fingerprint density at radius 1 is 0.938 bits per heavy atom. The first-order chi connectivity index (χ1) is 15.4. The molecule has 0 saturated heterocycles. The van der Waals surface area contributed by atoms with E-state index in [4.69, 9.17) is 4.74 Å². The molecule has 0 bridgehead atoms. The van der Waals surface area contributed by atoms with Gasteiger partial charge in [-0.25, -0.2) is 18.0 Å². The quantitative estimate of drug-likeness (QED) is 0.278. The number of rotatable bonds is 4. The monoisotopic (exact) mass is 442 g/mol. The van der Waals surface area contributed by atoms with E-state index in [1.54, 1.807) is 6.92 Å². The zero-order valence-electron chi connectivity index (χ0n) is 18.5. The normalized spacial score (nSPS) is 25.5. The fourth-order valence-corrected chi connectivity index (χ4v) is 5.53. The minimum absolute atomic E-state index is 0.00478. The van der Waals surface area contributed by atoms with Gasteiger partial charge in [0, 0.05) is 11.6 Å². The number of allylic oxidation sites excluding steroid dienone is 2. The summed E-state index contributed by atoms with van der Waals surface area (Å²) in [5.74, 6) is -1.29. The predicted molar refractivity (Wildman–Crippen MR) is 118 cm³/mol. The Bertz CT molecular complexity index is 1010.